The van der Waals surface area contributed by atoms with Gasteiger partial charge < -0.3 is 10.2 Å². The Labute approximate surface area is 127 Å². The Morgan fingerprint density at radius 2 is 2.25 bits per heavy atom. The molecule has 1 aromatic heterocycles. The number of rotatable bonds is 7. The van der Waals surface area contributed by atoms with Crippen molar-refractivity contribution in [3.05, 3.63) is 10.6 Å². The second-order valence-electron chi connectivity index (χ2n) is 6.31. The first kappa shape index (κ1) is 15.8. The molecular formula is C16H29N3S. The van der Waals surface area contributed by atoms with E-state index in [0.29, 0.717) is 6.04 Å². The van der Waals surface area contributed by atoms with Crippen LogP contribution in [-0.4, -0.2) is 25.1 Å². The predicted octanol–water partition coefficient (Wildman–Crippen LogP) is 4.00. The molecule has 114 valence electrons. The zero-order chi connectivity index (χ0) is 14.5. The quantitative estimate of drug-likeness (QED) is 0.824. The van der Waals surface area contributed by atoms with Gasteiger partial charge in [0.25, 0.3) is 0 Å². The first-order chi connectivity index (χ1) is 9.61. The molecule has 0 bridgehead atoms. The van der Waals surface area contributed by atoms with Crippen LogP contribution in [0, 0.1) is 5.92 Å². The summed E-state index contributed by atoms with van der Waals surface area (Å²) in [5, 5.41) is 4.86. The van der Waals surface area contributed by atoms with Crippen molar-refractivity contribution < 1.29 is 0 Å². The van der Waals surface area contributed by atoms with Gasteiger partial charge in [0.05, 0.1) is 11.7 Å². The molecule has 0 amide bonds. The van der Waals surface area contributed by atoms with Gasteiger partial charge in [0.15, 0.2) is 5.13 Å². The summed E-state index contributed by atoms with van der Waals surface area (Å²) in [4.78, 5) is 8.79. The molecule has 1 heterocycles. The number of thiazole rings is 1. The Bertz CT molecular complexity index is 414. The molecule has 1 unspecified atom stereocenters. The maximum absolute atomic E-state index is 4.94. The minimum absolute atomic E-state index is 0.488. The smallest absolute Gasteiger partial charge is 0.185 e. The molecule has 20 heavy (non-hydrogen) atoms. The van der Waals surface area contributed by atoms with E-state index >= 15 is 0 Å². The number of nitrogens with one attached hydrogen (secondary N) is 1. The van der Waals surface area contributed by atoms with Gasteiger partial charge in [-0.1, -0.05) is 20.8 Å². The molecule has 1 aliphatic carbocycles. The highest BCUT2D eigenvalue weighted by Gasteiger charge is 2.25. The van der Waals surface area contributed by atoms with Gasteiger partial charge in [0.1, 0.15) is 0 Å². The van der Waals surface area contributed by atoms with Crippen LogP contribution in [-0.2, 0) is 6.42 Å². The molecule has 0 saturated heterocycles. The summed E-state index contributed by atoms with van der Waals surface area (Å²) in [6.07, 6.45) is 6.18. The molecule has 4 heteroatoms. The lowest BCUT2D eigenvalue weighted by molar-refractivity contribution is 0.454. The van der Waals surface area contributed by atoms with Gasteiger partial charge in [-0.3, -0.25) is 0 Å². The monoisotopic (exact) mass is 295 g/mol. The Hall–Kier alpha value is -0.610. The number of nitrogens with zero attached hydrogens (tertiary/aromatic N) is 2. The van der Waals surface area contributed by atoms with Gasteiger partial charge in [-0.15, -0.1) is 11.3 Å². The van der Waals surface area contributed by atoms with Crippen molar-refractivity contribution in [2.45, 2.75) is 58.9 Å². The molecular weight excluding hydrogens is 266 g/mol. The molecule has 0 spiro atoms. The Morgan fingerprint density at radius 1 is 1.45 bits per heavy atom. The van der Waals surface area contributed by atoms with E-state index in [1.54, 1.807) is 0 Å². The van der Waals surface area contributed by atoms with Crippen LogP contribution >= 0.6 is 11.3 Å². The zero-order valence-electron chi connectivity index (χ0n) is 13.4. The van der Waals surface area contributed by atoms with Crippen molar-refractivity contribution in [1.82, 2.24) is 10.3 Å². The molecule has 0 fully saturated rings. The number of aromatic nitrogens is 1. The van der Waals surface area contributed by atoms with Gasteiger partial charge in [0, 0.05) is 18.5 Å². The highest BCUT2D eigenvalue weighted by Crippen LogP contribution is 2.36. The maximum Gasteiger partial charge on any atom is 0.185 e. The van der Waals surface area contributed by atoms with E-state index in [4.69, 9.17) is 4.98 Å². The van der Waals surface area contributed by atoms with Crippen LogP contribution in [0.15, 0.2) is 0 Å². The standard InChI is InChI=1S/C16H29N3S/c1-5-10-17-13-7-6-8-14-15(13)18-16(20-14)19(4)11-9-12(2)3/h12-13,17H,5-11H2,1-4H3. The molecule has 1 N–H and O–H groups in total. The van der Waals surface area contributed by atoms with Gasteiger partial charge in [-0.05, 0) is 44.6 Å². The molecule has 3 nitrogen and oxygen atoms in total. The SMILES string of the molecule is CCCNC1CCCc2sc(N(C)CCC(C)C)nc21. The second-order valence-corrected chi connectivity index (χ2v) is 7.37. The second kappa shape index (κ2) is 7.41. The molecule has 1 atom stereocenters. The minimum atomic E-state index is 0.488. The maximum atomic E-state index is 4.94. The summed E-state index contributed by atoms with van der Waals surface area (Å²) in [6, 6.07) is 0.488. The zero-order valence-corrected chi connectivity index (χ0v) is 14.2. The highest BCUT2D eigenvalue weighted by atomic mass is 32.1. The first-order valence-electron chi connectivity index (χ1n) is 8.06. The third-order valence-corrected chi connectivity index (χ3v) is 5.20. The Balaban J connectivity index is 2.04. The third kappa shape index (κ3) is 3.95. The molecule has 1 aromatic rings. The Morgan fingerprint density at radius 3 is 2.95 bits per heavy atom. The number of hydrogen-bond acceptors (Lipinski definition) is 4. The molecule has 1 aliphatic rings. The van der Waals surface area contributed by atoms with Crippen molar-refractivity contribution in [2.24, 2.45) is 5.92 Å². The van der Waals surface area contributed by atoms with Crippen LogP contribution in [0.2, 0.25) is 0 Å². The van der Waals surface area contributed by atoms with Gasteiger partial charge >= 0.3 is 0 Å². The summed E-state index contributed by atoms with van der Waals surface area (Å²) in [6.45, 7) is 9.00. The lowest BCUT2D eigenvalue weighted by Gasteiger charge is -2.22. The number of anilines is 1. The predicted molar refractivity (Wildman–Crippen MR) is 88.8 cm³/mol. The van der Waals surface area contributed by atoms with Crippen LogP contribution in [0.25, 0.3) is 0 Å². The van der Waals surface area contributed by atoms with Crippen molar-refractivity contribution in [3.8, 4) is 0 Å². The minimum Gasteiger partial charge on any atom is -0.351 e. The largest absolute Gasteiger partial charge is 0.351 e. The average Bonchev–Trinajstić information content (AvgIpc) is 2.87. The van der Waals surface area contributed by atoms with Crippen molar-refractivity contribution >= 4 is 16.5 Å². The summed E-state index contributed by atoms with van der Waals surface area (Å²) >= 11 is 1.91. The van der Waals surface area contributed by atoms with Crippen LogP contribution in [0.4, 0.5) is 5.13 Å². The van der Waals surface area contributed by atoms with E-state index in [2.05, 4.69) is 38.0 Å². The summed E-state index contributed by atoms with van der Waals surface area (Å²) in [5.74, 6) is 0.756. The highest BCUT2D eigenvalue weighted by molar-refractivity contribution is 7.15. The number of aryl methyl sites for hydroxylation is 1. The van der Waals surface area contributed by atoms with E-state index in [-0.39, 0.29) is 0 Å². The Kier molecular flexibility index (Phi) is 5.85. The van der Waals surface area contributed by atoms with Crippen LogP contribution in [0.3, 0.4) is 0 Å². The summed E-state index contributed by atoms with van der Waals surface area (Å²) < 4.78 is 0. The fourth-order valence-electron chi connectivity index (χ4n) is 2.63. The van der Waals surface area contributed by atoms with Gasteiger partial charge in [0.2, 0.25) is 0 Å². The van der Waals surface area contributed by atoms with Crippen LogP contribution in [0.5, 0.6) is 0 Å². The fourth-order valence-corrected chi connectivity index (χ4v) is 3.78. The van der Waals surface area contributed by atoms with E-state index in [1.165, 1.54) is 47.8 Å². The molecule has 0 aromatic carbocycles. The van der Waals surface area contributed by atoms with Gasteiger partial charge in [-0.2, -0.15) is 0 Å². The number of fused-ring (bicyclic) bond motifs is 1. The van der Waals surface area contributed by atoms with E-state index in [9.17, 15) is 0 Å². The molecule has 0 saturated carbocycles. The third-order valence-electron chi connectivity index (χ3n) is 3.95. The average molecular weight is 295 g/mol. The van der Waals surface area contributed by atoms with Crippen LogP contribution < -0.4 is 10.2 Å². The van der Waals surface area contributed by atoms with Crippen molar-refractivity contribution in [3.63, 3.8) is 0 Å². The van der Waals surface area contributed by atoms with E-state index in [0.717, 1.165) is 19.0 Å². The topological polar surface area (TPSA) is 28.2 Å². The summed E-state index contributed by atoms with van der Waals surface area (Å²) in [5.41, 5.74) is 1.33. The molecule has 0 radical (unpaired) electrons. The first-order valence-corrected chi connectivity index (χ1v) is 8.87. The normalized spacial score (nSPS) is 18.4. The lowest BCUT2D eigenvalue weighted by Crippen LogP contribution is -2.26. The molecule has 0 aliphatic heterocycles. The summed E-state index contributed by atoms with van der Waals surface area (Å²) in [7, 11) is 2.18. The number of hydrogen-bond donors (Lipinski definition) is 1. The van der Waals surface area contributed by atoms with Crippen molar-refractivity contribution in [2.75, 3.05) is 25.0 Å². The molecule has 2 rings (SSSR count). The van der Waals surface area contributed by atoms with Crippen molar-refractivity contribution in [1.29, 1.82) is 0 Å². The van der Waals surface area contributed by atoms with Crippen LogP contribution in [0.1, 0.15) is 63.1 Å². The lowest BCUT2D eigenvalue weighted by atomic mass is 9.97. The van der Waals surface area contributed by atoms with Gasteiger partial charge in [-0.25, -0.2) is 4.98 Å². The van der Waals surface area contributed by atoms with E-state index < -0.39 is 0 Å². The fraction of sp³-hybridized carbons (Fsp3) is 0.812. The van der Waals surface area contributed by atoms with E-state index in [1.807, 2.05) is 11.3 Å².